The molecule has 94 valence electrons. The number of anilines is 2. The Bertz CT molecular complexity index is 347. The Hall–Kier alpha value is -0.826. The van der Waals surface area contributed by atoms with Gasteiger partial charge in [0.1, 0.15) is 0 Å². The molecule has 1 rings (SSSR count). The van der Waals surface area contributed by atoms with Gasteiger partial charge in [0.05, 0.1) is 12.8 Å². The van der Waals surface area contributed by atoms with Gasteiger partial charge in [0.15, 0.2) is 8.32 Å². The summed E-state index contributed by atoms with van der Waals surface area (Å²) in [5, 5.41) is 0. The normalized spacial score (nSPS) is 11.7. The molecule has 0 spiro atoms. The van der Waals surface area contributed by atoms with E-state index in [9.17, 15) is 0 Å². The van der Waals surface area contributed by atoms with Crippen LogP contribution in [-0.4, -0.2) is 24.3 Å². The van der Waals surface area contributed by atoms with Gasteiger partial charge in [0, 0.05) is 11.4 Å². The second kappa shape index (κ2) is 6.20. The molecule has 0 fully saturated rings. The summed E-state index contributed by atoms with van der Waals surface area (Å²) in [7, 11) is -1.01. The molecule has 0 bridgehead atoms. The van der Waals surface area contributed by atoms with E-state index in [0.29, 0.717) is 34.0 Å². The van der Waals surface area contributed by atoms with Crippen LogP contribution >= 0.6 is 0 Å². The van der Waals surface area contributed by atoms with Gasteiger partial charge in [-0.2, -0.15) is 0 Å². The number of ether oxygens (including phenoxy) is 1. The van der Waals surface area contributed by atoms with Crippen LogP contribution in [0.15, 0.2) is 18.2 Å². The average Bonchev–Trinajstić information content (AvgIpc) is 2.13. The van der Waals surface area contributed by atoms with Crippen LogP contribution in [0.2, 0.25) is 19.6 Å². The first-order valence-electron chi connectivity index (χ1n) is 5.50. The van der Waals surface area contributed by atoms with Gasteiger partial charge in [-0.25, -0.2) is 0 Å². The van der Waals surface area contributed by atoms with Gasteiger partial charge >= 0.3 is 0 Å². The molecule has 0 aromatic heterocycles. The van der Waals surface area contributed by atoms with E-state index < -0.39 is 8.32 Å². The lowest BCUT2D eigenvalue weighted by molar-refractivity contribution is 0.158. The van der Waals surface area contributed by atoms with E-state index in [1.807, 2.05) is 12.1 Å². The van der Waals surface area contributed by atoms with Crippen molar-refractivity contribution >= 4 is 29.5 Å². The molecule has 0 saturated heterocycles. The zero-order valence-corrected chi connectivity index (χ0v) is 12.6. The summed E-state index contributed by atoms with van der Waals surface area (Å²) in [6.07, 6.45) is 0.624. The first kappa shape index (κ1) is 14.2. The van der Waals surface area contributed by atoms with Crippen LogP contribution in [0.1, 0.15) is 5.56 Å². The summed E-state index contributed by atoms with van der Waals surface area (Å²) in [4.78, 5) is 0. The van der Waals surface area contributed by atoms with Gasteiger partial charge < -0.3 is 20.3 Å². The average molecular weight is 268 g/mol. The third-order valence-corrected chi connectivity index (χ3v) is 5.19. The maximum atomic E-state index is 5.71. The third kappa shape index (κ3) is 6.47. The largest absolute Gasteiger partial charge is 0.455 e. The Morgan fingerprint density at radius 2 is 1.71 bits per heavy atom. The molecule has 0 atom stereocenters. The molecular formula is C11H20N2O2Si2. The Morgan fingerprint density at radius 3 is 2.24 bits per heavy atom. The number of hydrogen-bond acceptors (Lipinski definition) is 4. The SMILES string of the molecule is C[Si](C)(C)O[Si]COCc1cc(N)cc(N)c1. The lowest BCUT2D eigenvalue weighted by Crippen LogP contribution is -2.29. The Labute approximate surface area is 106 Å². The fourth-order valence-corrected chi connectivity index (χ4v) is 3.44. The summed E-state index contributed by atoms with van der Waals surface area (Å²) >= 11 is 0. The molecule has 0 aliphatic heterocycles. The van der Waals surface area contributed by atoms with Crippen molar-refractivity contribution in [2.75, 3.05) is 17.7 Å². The summed E-state index contributed by atoms with van der Waals surface area (Å²) in [5.41, 5.74) is 13.7. The second-order valence-corrected chi connectivity index (χ2v) is 10.5. The lowest BCUT2D eigenvalue weighted by atomic mass is 10.2. The fraction of sp³-hybridized carbons (Fsp3) is 0.455. The monoisotopic (exact) mass is 268 g/mol. The molecule has 4 N–H and O–H groups in total. The third-order valence-electron chi connectivity index (χ3n) is 1.85. The highest BCUT2D eigenvalue weighted by Gasteiger charge is 2.13. The number of nitrogens with two attached hydrogens (primary N) is 2. The molecule has 17 heavy (non-hydrogen) atoms. The van der Waals surface area contributed by atoms with Crippen LogP contribution < -0.4 is 11.5 Å². The number of hydrogen-bond donors (Lipinski definition) is 2. The Morgan fingerprint density at radius 1 is 1.12 bits per heavy atom. The minimum absolute atomic E-state index is 0.407. The Kier molecular flexibility index (Phi) is 5.19. The number of benzene rings is 1. The van der Waals surface area contributed by atoms with E-state index in [0.717, 1.165) is 5.56 Å². The fourth-order valence-electron chi connectivity index (χ4n) is 1.29. The van der Waals surface area contributed by atoms with Crippen LogP contribution in [0, 0.1) is 0 Å². The first-order chi connectivity index (χ1) is 7.87. The summed E-state index contributed by atoms with van der Waals surface area (Å²) in [6.45, 7) is 7.02. The van der Waals surface area contributed by atoms with Crippen LogP contribution in [0.5, 0.6) is 0 Å². The highest BCUT2D eigenvalue weighted by Crippen LogP contribution is 2.14. The maximum absolute atomic E-state index is 5.71. The Balaban J connectivity index is 2.27. The molecular weight excluding hydrogens is 248 g/mol. The molecule has 0 saturated carbocycles. The van der Waals surface area contributed by atoms with Crippen molar-refractivity contribution in [1.82, 2.24) is 0 Å². The van der Waals surface area contributed by atoms with Crippen molar-refractivity contribution in [2.45, 2.75) is 26.2 Å². The van der Waals surface area contributed by atoms with Crippen LogP contribution in [0.3, 0.4) is 0 Å². The van der Waals surface area contributed by atoms with Gasteiger partial charge in [-0.15, -0.1) is 0 Å². The highest BCUT2D eigenvalue weighted by molar-refractivity contribution is 6.73. The second-order valence-electron chi connectivity index (χ2n) is 4.86. The molecule has 4 nitrogen and oxygen atoms in total. The maximum Gasteiger partial charge on any atom is 0.244 e. The van der Waals surface area contributed by atoms with Gasteiger partial charge in [0.25, 0.3) is 0 Å². The molecule has 0 aliphatic carbocycles. The zero-order chi connectivity index (χ0) is 12.9. The topological polar surface area (TPSA) is 70.5 Å². The van der Waals surface area contributed by atoms with Crippen LogP contribution in [0.4, 0.5) is 11.4 Å². The minimum atomic E-state index is -1.41. The molecule has 0 unspecified atom stereocenters. The zero-order valence-electron chi connectivity index (χ0n) is 10.6. The van der Waals surface area contributed by atoms with Crippen molar-refractivity contribution in [1.29, 1.82) is 0 Å². The molecule has 1 aromatic rings. The summed E-state index contributed by atoms with van der Waals surface area (Å²) in [5.74, 6) is 0. The molecule has 6 heteroatoms. The van der Waals surface area contributed by atoms with E-state index in [2.05, 4.69) is 19.6 Å². The van der Waals surface area contributed by atoms with Crippen LogP contribution in [0.25, 0.3) is 0 Å². The summed E-state index contributed by atoms with van der Waals surface area (Å²) < 4.78 is 11.2. The summed E-state index contributed by atoms with van der Waals surface area (Å²) in [6, 6.07) is 5.48. The van der Waals surface area contributed by atoms with Gasteiger partial charge in [0.2, 0.25) is 9.76 Å². The van der Waals surface area contributed by atoms with E-state index in [1.165, 1.54) is 0 Å². The highest BCUT2D eigenvalue weighted by atomic mass is 28.4. The molecule has 0 amide bonds. The van der Waals surface area contributed by atoms with Crippen molar-refractivity contribution in [3.63, 3.8) is 0 Å². The van der Waals surface area contributed by atoms with Crippen molar-refractivity contribution < 1.29 is 8.85 Å². The van der Waals surface area contributed by atoms with E-state index in [-0.39, 0.29) is 0 Å². The lowest BCUT2D eigenvalue weighted by Gasteiger charge is -2.16. The van der Waals surface area contributed by atoms with E-state index >= 15 is 0 Å². The quantitative estimate of drug-likeness (QED) is 0.469. The number of rotatable bonds is 6. The number of nitrogen functional groups attached to an aromatic ring is 2. The van der Waals surface area contributed by atoms with Crippen LogP contribution in [-0.2, 0) is 15.5 Å². The van der Waals surface area contributed by atoms with E-state index in [4.69, 9.17) is 20.3 Å². The predicted molar refractivity (Wildman–Crippen MR) is 75.1 cm³/mol. The molecule has 1 aromatic carbocycles. The molecule has 0 aliphatic rings. The minimum Gasteiger partial charge on any atom is -0.455 e. The first-order valence-corrected chi connectivity index (χ1v) is 10.0. The van der Waals surface area contributed by atoms with Gasteiger partial charge in [-0.05, 0) is 43.4 Å². The molecule has 0 heterocycles. The van der Waals surface area contributed by atoms with Gasteiger partial charge in [-0.1, -0.05) is 0 Å². The van der Waals surface area contributed by atoms with Crippen molar-refractivity contribution in [3.8, 4) is 0 Å². The molecule has 2 radical (unpaired) electrons. The van der Waals surface area contributed by atoms with Gasteiger partial charge in [-0.3, -0.25) is 0 Å². The smallest absolute Gasteiger partial charge is 0.244 e. The predicted octanol–water partition coefficient (Wildman–Crippen LogP) is 1.80. The van der Waals surface area contributed by atoms with Crippen molar-refractivity contribution in [3.05, 3.63) is 23.8 Å². The van der Waals surface area contributed by atoms with Crippen molar-refractivity contribution in [2.24, 2.45) is 0 Å². The standard InChI is InChI=1S/C11H20N2O2Si2/c1-17(2,3)15-16-8-14-7-9-4-10(12)6-11(13)5-9/h4-6H,7-8,12-13H2,1-3H3. The van der Waals surface area contributed by atoms with E-state index in [1.54, 1.807) is 6.07 Å².